The lowest BCUT2D eigenvalue weighted by atomic mass is 10.1. The van der Waals surface area contributed by atoms with Crippen molar-refractivity contribution in [2.24, 2.45) is 5.73 Å². The van der Waals surface area contributed by atoms with Crippen LogP contribution in [-0.4, -0.2) is 55.0 Å². The van der Waals surface area contributed by atoms with Gasteiger partial charge in [-0.05, 0) is 33.4 Å². The Kier molecular flexibility index (Phi) is 5.22. The molecule has 1 fully saturated rings. The Bertz CT molecular complexity index is 230. The van der Waals surface area contributed by atoms with E-state index in [0.717, 1.165) is 32.4 Å². The molecule has 94 valence electrons. The number of carbonyl (C=O) groups is 1. The van der Waals surface area contributed by atoms with E-state index in [-0.39, 0.29) is 11.9 Å². The molecule has 0 radical (unpaired) electrons. The standard InChI is InChI=1S/C12H25N3O/c1-4-10(13)8-12(16)15-7-5-6-11(15)9-14(2)3/h10-11H,4-9,13H2,1-3H3. The van der Waals surface area contributed by atoms with Gasteiger partial charge >= 0.3 is 0 Å². The van der Waals surface area contributed by atoms with Gasteiger partial charge in [0, 0.05) is 31.6 Å². The van der Waals surface area contributed by atoms with Crippen LogP contribution in [0.4, 0.5) is 0 Å². The molecule has 2 atom stereocenters. The summed E-state index contributed by atoms with van der Waals surface area (Å²) in [5, 5.41) is 0. The minimum Gasteiger partial charge on any atom is -0.338 e. The van der Waals surface area contributed by atoms with Gasteiger partial charge in [0.05, 0.1) is 0 Å². The monoisotopic (exact) mass is 227 g/mol. The van der Waals surface area contributed by atoms with Crippen molar-refractivity contribution in [1.29, 1.82) is 0 Å². The molecule has 2 N–H and O–H groups in total. The molecular weight excluding hydrogens is 202 g/mol. The Morgan fingerprint density at radius 3 is 2.81 bits per heavy atom. The van der Waals surface area contributed by atoms with Gasteiger partial charge in [-0.25, -0.2) is 0 Å². The molecule has 0 aliphatic carbocycles. The molecule has 0 spiro atoms. The van der Waals surface area contributed by atoms with E-state index < -0.39 is 0 Å². The zero-order valence-electron chi connectivity index (χ0n) is 10.8. The first-order chi connectivity index (χ1) is 7.54. The molecule has 0 bridgehead atoms. The lowest BCUT2D eigenvalue weighted by Gasteiger charge is -2.28. The predicted octanol–water partition coefficient (Wildman–Crippen LogP) is 0.666. The van der Waals surface area contributed by atoms with E-state index in [2.05, 4.69) is 19.0 Å². The first-order valence-corrected chi connectivity index (χ1v) is 6.24. The number of amides is 1. The molecule has 1 aliphatic rings. The lowest BCUT2D eigenvalue weighted by Crippen LogP contribution is -2.43. The van der Waals surface area contributed by atoms with Crippen LogP contribution in [0.5, 0.6) is 0 Å². The van der Waals surface area contributed by atoms with Crippen LogP contribution < -0.4 is 5.73 Å². The van der Waals surface area contributed by atoms with Crippen molar-refractivity contribution in [3.63, 3.8) is 0 Å². The van der Waals surface area contributed by atoms with Crippen LogP contribution in [0.2, 0.25) is 0 Å². The maximum atomic E-state index is 12.0. The number of hydrogen-bond acceptors (Lipinski definition) is 3. The fourth-order valence-electron chi connectivity index (χ4n) is 2.26. The second-order valence-electron chi connectivity index (χ2n) is 5.02. The van der Waals surface area contributed by atoms with Crippen LogP contribution in [0.3, 0.4) is 0 Å². The SMILES string of the molecule is CCC(N)CC(=O)N1CCCC1CN(C)C. The zero-order chi connectivity index (χ0) is 12.1. The Morgan fingerprint density at radius 1 is 1.56 bits per heavy atom. The highest BCUT2D eigenvalue weighted by Gasteiger charge is 2.29. The highest BCUT2D eigenvalue weighted by molar-refractivity contribution is 5.77. The summed E-state index contributed by atoms with van der Waals surface area (Å²) in [5.74, 6) is 0.235. The van der Waals surface area contributed by atoms with Gasteiger partial charge in [0.25, 0.3) is 0 Å². The summed E-state index contributed by atoms with van der Waals surface area (Å²) < 4.78 is 0. The average molecular weight is 227 g/mol. The third-order valence-corrected chi connectivity index (χ3v) is 3.23. The molecular formula is C12H25N3O. The summed E-state index contributed by atoms with van der Waals surface area (Å²) in [6.07, 6.45) is 3.63. The van der Waals surface area contributed by atoms with Crippen molar-refractivity contribution in [3.8, 4) is 0 Å². The van der Waals surface area contributed by atoms with Crippen LogP contribution in [0.15, 0.2) is 0 Å². The molecule has 0 aromatic carbocycles. The molecule has 16 heavy (non-hydrogen) atoms. The van der Waals surface area contributed by atoms with E-state index in [1.165, 1.54) is 0 Å². The summed E-state index contributed by atoms with van der Waals surface area (Å²) in [6.45, 7) is 3.90. The third-order valence-electron chi connectivity index (χ3n) is 3.23. The van der Waals surface area contributed by atoms with E-state index in [1.807, 2.05) is 11.8 Å². The Morgan fingerprint density at radius 2 is 2.25 bits per heavy atom. The van der Waals surface area contributed by atoms with Gasteiger partial charge < -0.3 is 15.5 Å². The number of likely N-dealkylation sites (N-methyl/N-ethyl adjacent to an activating group) is 1. The molecule has 1 aliphatic heterocycles. The molecule has 1 rings (SSSR count). The Labute approximate surface area is 98.8 Å². The highest BCUT2D eigenvalue weighted by Crippen LogP contribution is 2.19. The van der Waals surface area contributed by atoms with Gasteiger partial charge in [-0.15, -0.1) is 0 Å². The quantitative estimate of drug-likeness (QED) is 0.751. The first-order valence-electron chi connectivity index (χ1n) is 6.24. The van der Waals surface area contributed by atoms with Crippen molar-refractivity contribution in [3.05, 3.63) is 0 Å². The van der Waals surface area contributed by atoms with Gasteiger partial charge in [0.1, 0.15) is 0 Å². The molecule has 1 heterocycles. The molecule has 1 amide bonds. The summed E-state index contributed by atoms with van der Waals surface area (Å²) in [7, 11) is 4.11. The number of nitrogens with two attached hydrogens (primary N) is 1. The van der Waals surface area contributed by atoms with Crippen molar-refractivity contribution < 1.29 is 4.79 Å². The predicted molar refractivity (Wildman–Crippen MR) is 66.2 cm³/mol. The smallest absolute Gasteiger partial charge is 0.224 e. The van der Waals surface area contributed by atoms with E-state index in [0.29, 0.717) is 12.5 Å². The van der Waals surface area contributed by atoms with Crippen LogP contribution in [0.25, 0.3) is 0 Å². The van der Waals surface area contributed by atoms with Crippen LogP contribution in [-0.2, 0) is 4.79 Å². The zero-order valence-corrected chi connectivity index (χ0v) is 10.8. The fourth-order valence-corrected chi connectivity index (χ4v) is 2.26. The summed E-state index contributed by atoms with van der Waals surface area (Å²) >= 11 is 0. The summed E-state index contributed by atoms with van der Waals surface area (Å²) in [4.78, 5) is 16.2. The van der Waals surface area contributed by atoms with Gasteiger partial charge in [0.2, 0.25) is 5.91 Å². The molecule has 0 aromatic heterocycles. The van der Waals surface area contributed by atoms with Crippen molar-refractivity contribution in [2.45, 2.75) is 44.7 Å². The van der Waals surface area contributed by atoms with Gasteiger partial charge in [-0.2, -0.15) is 0 Å². The van der Waals surface area contributed by atoms with E-state index in [1.54, 1.807) is 0 Å². The van der Waals surface area contributed by atoms with E-state index >= 15 is 0 Å². The van der Waals surface area contributed by atoms with Crippen molar-refractivity contribution >= 4 is 5.91 Å². The number of nitrogens with zero attached hydrogens (tertiary/aromatic N) is 2. The maximum absolute atomic E-state index is 12.0. The van der Waals surface area contributed by atoms with Crippen LogP contribution >= 0.6 is 0 Å². The van der Waals surface area contributed by atoms with Gasteiger partial charge in [-0.1, -0.05) is 6.92 Å². The third kappa shape index (κ3) is 3.76. The Balaban J connectivity index is 2.47. The van der Waals surface area contributed by atoms with Gasteiger partial charge in [-0.3, -0.25) is 4.79 Å². The largest absolute Gasteiger partial charge is 0.338 e. The van der Waals surface area contributed by atoms with Gasteiger partial charge in [0.15, 0.2) is 0 Å². The summed E-state index contributed by atoms with van der Waals surface area (Å²) in [5.41, 5.74) is 5.83. The Hall–Kier alpha value is -0.610. The average Bonchev–Trinajstić information content (AvgIpc) is 2.64. The normalized spacial score (nSPS) is 22.8. The highest BCUT2D eigenvalue weighted by atomic mass is 16.2. The minimum atomic E-state index is 0.0214. The lowest BCUT2D eigenvalue weighted by molar-refractivity contribution is -0.132. The molecule has 0 aromatic rings. The first kappa shape index (κ1) is 13.5. The summed E-state index contributed by atoms with van der Waals surface area (Å²) in [6, 6.07) is 0.416. The molecule has 0 saturated carbocycles. The van der Waals surface area contributed by atoms with Crippen molar-refractivity contribution in [2.75, 3.05) is 27.2 Å². The molecule has 2 unspecified atom stereocenters. The second-order valence-corrected chi connectivity index (χ2v) is 5.02. The molecule has 1 saturated heterocycles. The number of hydrogen-bond donors (Lipinski definition) is 1. The van der Waals surface area contributed by atoms with Crippen molar-refractivity contribution in [1.82, 2.24) is 9.80 Å². The van der Waals surface area contributed by atoms with Crippen LogP contribution in [0.1, 0.15) is 32.6 Å². The second kappa shape index (κ2) is 6.21. The van der Waals surface area contributed by atoms with Crippen LogP contribution in [0, 0.1) is 0 Å². The van der Waals surface area contributed by atoms with E-state index in [4.69, 9.17) is 5.73 Å². The fraction of sp³-hybridized carbons (Fsp3) is 0.917. The maximum Gasteiger partial charge on any atom is 0.224 e. The minimum absolute atomic E-state index is 0.0214. The number of rotatable bonds is 5. The number of likely N-dealkylation sites (tertiary alicyclic amines) is 1. The topological polar surface area (TPSA) is 49.6 Å². The number of carbonyl (C=O) groups excluding carboxylic acids is 1. The van der Waals surface area contributed by atoms with E-state index in [9.17, 15) is 4.79 Å². The molecule has 4 heteroatoms. The molecule has 4 nitrogen and oxygen atoms in total.